The highest BCUT2D eigenvalue weighted by Gasteiger charge is 2.33. The number of piperidine rings is 2. The molecule has 146 valence electrons. The highest BCUT2D eigenvalue weighted by Crippen LogP contribution is 2.31. The van der Waals surface area contributed by atoms with Gasteiger partial charge in [-0.1, -0.05) is 20.3 Å². The fraction of sp³-hybridized carbons (Fsp3) is 0.619. The smallest absolute Gasteiger partial charge is 0.271 e. The van der Waals surface area contributed by atoms with Crippen molar-refractivity contribution in [2.24, 2.45) is 5.92 Å². The van der Waals surface area contributed by atoms with Crippen molar-refractivity contribution >= 4 is 17.2 Å². The summed E-state index contributed by atoms with van der Waals surface area (Å²) in [6.07, 6.45) is 10.4. The highest BCUT2D eigenvalue weighted by atomic mass is 32.1. The van der Waals surface area contributed by atoms with Crippen LogP contribution in [0, 0.1) is 5.92 Å². The van der Waals surface area contributed by atoms with Crippen molar-refractivity contribution in [1.29, 1.82) is 0 Å². The summed E-state index contributed by atoms with van der Waals surface area (Å²) in [6, 6.07) is 4.62. The predicted octanol–water partition coefficient (Wildman–Crippen LogP) is 4.05. The summed E-state index contributed by atoms with van der Waals surface area (Å²) >= 11 is 1.62. The number of rotatable bonds is 5. The summed E-state index contributed by atoms with van der Waals surface area (Å²) in [5.74, 6) is 0.852. The molecule has 2 fully saturated rings. The lowest BCUT2D eigenvalue weighted by Crippen LogP contribution is -2.51. The molecule has 2 aromatic heterocycles. The third-order valence-electron chi connectivity index (χ3n) is 5.96. The van der Waals surface area contributed by atoms with Gasteiger partial charge in [0.2, 0.25) is 0 Å². The van der Waals surface area contributed by atoms with Crippen molar-refractivity contribution in [2.45, 2.75) is 57.9 Å². The van der Waals surface area contributed by atoms with E-state index in [2.05, 4.69) is 29.0 Å². The van der Waals surface area contributed by atoms with Crippen LogP contribution < -0.4 is 5.32 Å². The van der Waals surface area contributed by atoms with Gasteiger partial charge in [-0.15, -0.1) is 11.3 Å². The first kappa shape index (κ1) is 18.7. The van der Waals surface area contributed by atoms with Gasteiger partial charge in [0.25, 0.3) is 5.91 Å². The van der Waals surface area contributed by atoms with E-state index in [-0.39, 0.29) is 11.8 Å². The summed E-state index contributed by atoms with van der Waals surface area (Å²) in [4.78, 5) is 21.4. The molecule has 0 aliphatic carbocycles. The molecule has 0 aromatic carbocycles. The normalized spacial score (nSPS) is 23.4. The van der Waals surface area contributed by atoms with E-state index in [4.69, 9.17) is 0 Å². The predicted molar refractivity (Wildman–Crippen MR) is 110 cm³/mol. The minimum Gasteiger partial charge on any atom is -0.350 e. The number of hydrogen-bond donors (Lipinski definition) is 1. The number of hydrogen-bond acceptors (Lipinski definition) is 4. The molecule has 4 heterocycles. The molecule has 0 spiro atoms. The Bertz CT molecular complexity index is 765. The van der Waals surface area contributed by atoms with Crippen molar-refractivity contribution in [3.63, 3.8) is 0 Å². The number of thiazole rings is 1. The van der Waals surface area contributed by atoms with E-state index in [0.29, 0.717) is 17.7 Å². The molecular weight excluding hydrogens is 356 g/mol. The van der Waals surface area contributed by atoms with Crippen LogP contribution in [0.2, 0.25) is 0 Å². The Morgan fingerprint density at radius 3 is 2.78 bits per heavy atom. The Kier molecular flexibility index (Phi) is 5.64. The molecule has 0 saturated carbocycles. The highest BCUT2D eigenvalue weighted by molar-refractivity contribution is 7.14. The Morgan fingerprint density at radius 2 is 2.00 bits per heavy atom. The zero-order valence-corrected chi connectivity index (χ0v) is 17.2. The summed E-state index contributed by atoms with van der Waals surface area (Å²) in [5.41, 5.74) is 0.606. The second kappa shape index (κ2) is 8.15. The van der Waals surface area contributed by atoms with Crippen LogP contribution in [0.25, 0.3) is 5.13 Å². The zero-order chi connectivity index (χ0) is 18.8. The molecule has 2 saturated heterocycles. The van der Waals surface area contributed by atoms with Gasteiger partial charge >= 0.3 is 0 Å². The molecule has 0 radical (unpaired) electrons. The molecule has 1 amide bonds. The SMILES string of the molecule is CC(C)c1sc(-n2cccc2)nc1C(=O)NC[C@@H]1CCCN2CCCC[C@H]12. The Morgan fingerprint density at radius 1 is 1.22 bits per heavy atom. The van der Waals surface area contributed by atoms with Crippen LogP contribution in [0.15, 0.2) is 24.5 Å². The maximum Gasteiger partial charge on any atom is 0.271 e. The van der Waals surface area contributed by atoms with Gasteiger partial charge < -0.3 is 14.8 Å². The molecule has 6 heteroatoms. The Hall–Kier alpha value is -1.66. The number of carbonyl (C=O) groups is 1. The van der Waals surface area contributed by atoms with Crippen LogP contribution in [0.5, 0.6) is 0 Å². The van der Waals surface area contributed by atoms with Gasteiger partial charge in [0, 0.05) is 29.9 Å². The lowest BCUT2D eigenvalue weighted by Gasteiger charge is -2.44. The third-order valence-corrected chi connectivity index (χ3v) is 7.33. The number of carbonyl (C=O) groups excluding carboxylic acids is 1. The Labute approximate surface area is 165 Å². The van der Waals surface area contributed by atoms with Gasteiger partial charge in [0.05, 0.1) is 0 Å². The number of amides is 1. The number of nitrogens with one attached hydrogen (secondary N) is 1. The minimum atomic E-state index is -0.0127. The van der Waals surface area contributed by atoms with Gasteiger partial charge in [0.1, 0.15) is 5.69 Å². The summed E-state index contributed by atoms with van der Waals surface area (Å²) in [6.45, 7) is 7.50. The largest absolute Gasteiger partial charge is 0.350 e. The number of aromatic nitrogens is 2. The molecular formula is C21H30N4OS. The monoisotopic (exact) mass is 386 g/mol. The zero-order valence-electron chi connectivity index (χ0n) is 16.4. The van der Waals surface area contributed by atoms with Crippen LogP contribution in [0.4, 0.5) is 0 Å². The maximum atomic E-state index is 13.0. The van der Waals surface area contributed by atoms with Crippen LogP contribution in [-0.2, 0) is 0 Å². The number of fused-ring (bicyclic) bond motifs is 1. The fourth-order valence-corrected chi connectivity index (χ4v) is 5.60. The summed E-state index contributed by atoms with van der Waals surface area (Å²) in [5, 5.41) is 4.09. The molecule has 4 rings (SSSR count). The van der Waals surface area contributed by atoms with Gasteiger partial charge in [-0.3, -0.25) is 4.79 Å². The van der Waals surface area contributed by atoms with E-state index in [1.807, 2.05) is 29.1 Å². The van der Waals surface area contributed by atoms with Crippen LogP contribution >= 0.6 is 11.3 Å². The second-order valence-electron chi connectivity index (χ2n) is 8.17. The molecule has 27 heavy (non-hydrogen) atoms. The number of nitrogens with zero attached hydrogens (tertiary/aromatic N) is 3. The van der Waals surface area contributed by atoms with E-state index >= 15 is 0 Å². The lowest BCUT2D eigenvalue weighted by atomic mass is 9.83. The first-order valence-corrected chi connectivity index (χ1v) is 11.1. The molecule has 0 bridgehead atoms. The van der Waals surface area contributed by atoms with Gasteiger partial charge in [-0.05, 0) is 62.7 Å². The van der Waals surface area contributed by atoms with Crippen molar-refractivity contribution in [3.8, 4) is 5.13 Å². The van der Waals surface area contributed by atoms with Gasteiger partial charge in [0.15, 0.2) is 5.13 Å². The van der Waals surface area contributed by atoms with E-state index in [1.165, 1.54) is 45.2 Å². The van der Waals surface area contributed by atoms with E-state index in [0.717, 1.165) is 16.6 Å². The molecule has 2 aromatic rings. The van der Waals surface area contributed by atoms with Crippen molar-refractivity contribution in [2.75, 3.05) is 19.6 Å². The van der Waals surface area contributed by atoms with Gasteiger partial charge in [-0.2, -0.15) is 0 Å². The topological polar surface area (TPSA) is 50.2 Å². The van der Waals surface area contributed by atoms with E-state index in [1.54, 1.807) is 11.3 Å². The standard InChI is InChI=1S/C21H30N4OS/c1-15(2)19-18(23-21(27-19)25-11-5-6-12-25)20(26)22-14-16-8-7-13-24-10-4-3-9-17(16)24/h5-6,11-12,15-17H,3-4,7-10,13-14H2,1-2H3,(H,22,26)/t16-,17+/m0/s1. The molecule has 2 aliphatic rings. The van der Waals surface area contributed by atoms with Gasteiger partial charge in [-0.25, -0.2) is 4.98 Å². The first-order valence-electron chi connectivity index (χ1n) is 10.3. The fourth-order valence-electron chi connectivity index (χ4n) is 4.57. The molecule has 1 N–H and O–H groups in total. The first-order chi connectivity index (χ1) is 13.1. The third kappa shape index (κ3) is 3.97. The molecule has 2 aliphatic heterocycles. The molecule has 2 atom stereocenters. The van der Waals surface area contributed by atoms with E-state index in [9.17, 15) is 4.79 Å². The van der Waals surface area contributed by atoms with E-state index < -0.39 is 0 Å². The molecule has 0 unspecified atom stereocenters. The Balaban J connectivity index is 1.46. The average molecular weight is 387 g/mol. The lowest BCUT2D eigenvalue weighted by molar-refractivity contribution is 0.0575. The van der Waals surface area contributed by atoms with Crippen molar-refractivity contribution < 1.29 is 4.79 Å². The van der Waals surface area contributed by atoms with Crippen LogP contribution in [0.3, 0.4) is 0 Å². The van der Waals surface area contributed by atoms with Crippen molar-refractivity contribution in [3.05, 3.63) is 35.1 Å². The minimum absolute atomic E-state index is 0.0127. The summed E-state index contributed by atoms with van der Waals surface area (Å²) in [7, 11) is 0. The quantitative estimate of drug-likeness (QED) is 0.843. The second-order valence-corrected chi connectivity index (χ2v) is 9.17. The van der Waals surface area contributed by atoms with Crippen molar-refractivity contribution in [1.82, 2.24) is 19.8 Å². The average Bonchev–Trinajstić information content (AvgIpc) is 3.35. The molecule has 5 nitrogen and oxygen atoms in total. The van der Waals surface area contributed by atoms with Crippen LogP contribution in [0.1, 0.15) is 67.2 Å². The van der Waals surface area contributed by atoms with Crippen LogP contribution in [-0.4, -0.2) is 46.0 Å². The maximum absolute atomic E-state index is 13.0. The summed E-state index contributed by atoms with van der Waals surface area (Å²) < 4.78 is 1.98.